The van der Waals surface area contributed by atoms with E-state index in [-0.39, 0.29) is 18.7 Å². The number of carboxylic acids is 1. The Hall–Kier alpha value is -1.67. The van der Waals surface area contributed by atoms with Gasteiger partial charge in [-0.05, 0) is 33.6 Å². The predicted molar refractivity (Wildman–Crippen MR) is 100 cm³/mol. The maximum Gasteiger partial charge on any atom is 0.328 e. The van der Waals surface area contributed by atoms with E-state index in [2.05, 4.69) is 24.1 Å². The van der Waals surface area contributed by atoms with Gasteiger partial charge in [0.25, 0.3) is 0 Å². The van der Waals surface area contributed by atoms with E-state index in [0.29, 0.717) is 12.5 Å². The number of amides is 2. The molecule has 7 nitrogen and oxygen atoms in total. The summed E-state index contributed by atoms with van der Waals surface area (Å²) in [5.74, 6) is -0.753. The van der Waals surface area contributed by atoms with Crippen LogP contribution < -0.4 is 5.32 Å². The zero-order valence-corrected chi connectivity index (χ0v) is 16.9. The number of nitrogens with one attached hydrogen (secondary N) is 1. The maximum atomic E-state index is 12.7. The van der Waals surface area contributed by atoms with Crippen LogP contribution >= 0.6 is 11.3 Å². The first-order valence-electron chi connectivity index (χ1n) is 8.95. The van der Waals surface area contributed by atoms with Crippen LogP contribution in [0, 0.1) is 0 Å². The summed E-state index contributed by atoms with van der Waals surface area (Å²) in [7, 11) is 0. The summed E-state index contributed by atoms with van der Waals surface area (Å²) in [6.07, 6.45) is 1.87. The summed E-state index contributed by atoms with van der Waals surface area (Å²) in [6.45, 7) is 10.0. The van der Waals surface area contributed by atoms with Crippen LogP contribution in [0.1, 0.15) is 64.1 Å². The second-order valence-corrected chi connectivity index (χ2v) is 8.84. The van der Waals surface area contributed by atoms with Crippen molar-refractivity contribution in [3.8, 4) is 0 Å². The van der Waals surface area contributed by atoms with Crippen LogP contribution in [0.15, 0.2) is 5.38 Å². The summed E-state index contributed by atoms with van der Waals surface area (Å²) in [6, 6.07) is -1.31. The minimum atomic E-state index is -1.10. The zero-order valence-electron chi connectivity index (χ0n) is 16.1. The van der Waals surface area contributed by atoms with Crippen molar-refractivity contribution in [2.45, 2.75) is 77.6 Å². The predicted octanol–water partition coefficient (Wildman–Crippen LogP) is 3.21. The lowest BCUT2D eigenvalue weighted by Crippen LogP contribution is -2.51. The second kappa shape index (κ2) is 8.35. The zero-order chi connectivity index (χ0) is 19.5. The van der Waals surface area contributed by atoms with Crippen LogP contribution in [0.5, 0.6) is 0 Å². The van der Waals surface area contributed by atoms with Gasteiger partial charge in [0.1, 0.15) is 0 Å². The lowest BCUT2D eigenvalue weighted by atomic mass is 10.2. The molecule has 8 heteroatoms. The summed E-state index contributed by atoms with van der Waals surface area (Å²) in [4.78, 5) is 30.4. The van der Waals surface area contributed by atoms with Gasteiger partial charge in [0.15, 0.2) is 6.04 Å². The summed E-state index contributed by atoms with van der Waals surface area (Å²) in [5.41, 5.74) is 0.376. The fourth-order valence-electron chi connectivity index (χ4n) is 2.33. The molecule has 1 atom stereocenters. The molecule has 2 amide bonds. The van der Waals surface area contributed by atoms with Gasteiger partial charge < -0.3 is 20.1 Å². The van der Waals surface area contributed by atoms with Crippen molar-refractivity contribution in [2.24, 2.45) is 0 Å². The molecule has 0 bridgehead atoms. The highest BCUT2D eigenvalue weighted by atomic mass is 32.1. The highest BCUT2D eigenvalue weighted by Crippen LogP contribution is 2.29. The second-order valence-electron chi connectivity index (χ2n) is 7.95. The smallest absolute Gasteiger partial charge is 0.328 e. The number of aromatic nitrogens is 1. The van der Waals surface area contributed by atoms with E-state index >= 15 is 0 Å². The average molecular weight is 384 g/mol. The Morgan fingerprint density at radius 1 is 1.42 bits per heavy atom. The molecule has 26 heavy (non-hydrogen) atoms. The summed E-state index contributed by atoms with van der Waals surface area (Å²) < 4.78 is 5.53. The van der Waals surface area contributed by atoms with Crippen LogP contribution in [0.2, 0.25) is 0 Å². The Bertz CT molecular complexity index is 635. The average Bonchev–Trinajstić information content (AvgIpc) is 3.25. The molecule has 0 aromatic carbocycles. The molecule has 0 saturated heterocycles. The number of ether oxygens (including phenoxy) is 1. The van der Waals surface area contributed by atoms with Crippen LogP contribution in [-0.2, 0) is 16.1 Å². The fourth-order valence-corrected chi connectivity index (χ4v) is 3.15. The first kappa shape index (κ1) is 20.6. The number of urea groups is 1. The molecule has 1 aliphatic carbocycles. The van der Waals surface area contributed by atoms with E-state index in [9.17, 15) is 14.7 Å². The van der Waals surface area contributed by atoms with E-state index in [1.165, 1.54) is 0 Å². The van der Waals surface area contributed by atoms with Gasteiger partial charge in [-0.1, -0.05) is 13.8 Å². The highest BCUT2D eigenvalue weighted by molar-refractivity contribution is 7.09. The third kappa shape index (κ3) is 6.25. The highest BCUT2D eigenvalue weighted by Gasteiger charge is 2.35. The van der Waals surface area contributed by atoms with Crippen LogP contribution in [-0.4, -0.2) is 51.3 Å². The Labute approximate surface area is 158 Å². The van der Waals surface area contributed by atoms with Crippen molar-refractivity contribution in [3.05, 3.63) is 16.1 Å². The van der Waals surface area contributed by atoms with Crippen LogP contribution in [0.25, 0.3) is 0 Å². The SMILES string of the molecule is CC(C)c1nc(CN(C(=O)N[C@@H](COC(C)(C)C)C(=O)O)C2CC2)cs1. The molecular formula is C18H29N3O4S. The molecule has 1 fully saturated rings. The number of carbonyl (C=O) groups excluding carboxylic acids is 1. The van der Waals surface area contributed by atoms with Crippen LogP contribution in [0.4, 0.5) is 4.79 Å². The fraction of sp³-hybridized carbons (Fsp3) is 0.722. The number of nitrogens with zero attached hydrogens (tertiary/aromatic N) is 2. The molecule has 1 aliphatic rings. The molecule has 1 saturated carbocycles. The Balaban J connectivity index is 2.01. The van der Waals surface area contributed by atoms with Gasteiger partial charge >= 0.3 is 12.0 Å². The summed E-state index contributed by atoms with van der Waals surface area (Å²) >= 11 is 1.59. The Kier molecular flexibility index (Phi) is 6.63. The maximum absolute atomic E-state index is 12.7. The molecule has 0 spiro atoms. The van der Waals surface area contributed by atoms with E-state index in [1.807, 2.05) is 26.2 Å². The number of hydrogen-bond acceptors (Lipinski definition) is 5. The van der Waals surface area contributed by atoms with Gasteiger partial charge in [-0.25, -0.2) is 14.6 Å². The van der Waals surface area contributed by atoms with Crippen molar-refractivity contribution >= 4 is 23.3 Å². The summed E-state index contributed by atoms with van der Waals surface area (Å²) in [5, 5.41) is 15.0. The molecule has 1 heterocycles. The molecule has 146 valence electrons. The molecule has 0 aliphatic heterocycles. The third-order valence-electron chi connectivity index (χ3n) is 3.92. The topological polar surface area (TPSA) is 91.8 Å². The number of thiazole rings is 1. The number of carbonyl (C=O) groups is 2. The van der Waals surface area contributed by atoms with Gasteiger partial charge in [-0.3, -0.25) is 0 Å². The first-order valence-corrected chi connectivity index (χ1v) is 9.83. The largest absolute Gasteiger partial charge is 0.480 e. The molecular weight excluding hydrogens is 354 g/mol. The van der Waals surface area contributed by atoms with Crippen LogP contribution in [0.3, 0.4) is 0 Å². The lowest BCUT2D eigenvalue weighted by Gasteiger charge is -2.26. The van der Waals surface area contributed by atoms with E-state index in [0.717, 1.165) is 23.5 Å². The molecule has 0 radical (unpaired) electrons. The minimum Gasteiger partial charge on any atom is -0.480 e. The van der Waals surface area contributed by atoms with Crippen molar-refractivity contribution in [2.75, 3.05) is 6.61 Å². The lowest BCUT2D eigenvalue weighted by molar-refractivity contribution is -0.142. The van der Waals surface area contributed by atoms with Gasteiger partial charge in [-0.2, -0.15) is 0 Å². The number of carboxylic acid groups (broad SMARTS) is 1. The van der Waals surface area contributed by atoms with Gasteiger partial charge in [-0.15, -0.1) is 11.3 Å². The quantitative estimate of drug-likeness (QED) is 0.719. The number of hydrogen-bond donors (Lipinski definition) is 2. The molecule has 1 aromatic heterocycles. The third-order valence-corrected chi connectivity index (χ3v) is 5.12. The first-order chi connectivity index (χ1) is 12.1. The molecule has 2 rings (SSSR count). The number of aliphatic carboxylic acids is 1. The number of rotatable bonds is 8. The van der Waals surface area contributed by atoms with Gasteiger partial charge in [0.05, 0.1) is 29.5 Å². The standard InChI is InChI=1S/C18H29N3O4S/c1-11(2)15-19-12(10-26-15)8-21(13-6-7-13)17(24)20-14(16(22)23)9-25-18(3,4)5/h10-11,13-14H,6-9H2,1-5H3,(H,20,24)(H,22,23)/t14-/m0/s1. The van der Waals surface area contributed by atoms with Gasteiger partial charge in [0.2, 0.25) is 0 Å². The monoisotopic (exact) mass is 383 g/mol. The van der Waals surface area contributed by atoms with Crippen molar-refractivity contribution in [1.29, 1.82) is 0 Å². The van der Waals surface area contributed by atoms with Crippen molar-refractivity contribution in [3.63, 3.8) is 0 Å². The Morgan fingerprint density at radius 3 is 2.54 bits per heavy atom. The molecule has 0 unspecified atom stereocenters. The van der Waals surface area contributed by atoms with E-state index < -0.39 is 17.6 Å². The minimum absolute atomic E-state index is 0.0721. The normalized spacial score (nSPS) is 15.8. The van der Waals surface area contributed by atoms with E-state index in [4.69, 9.17) is 4.74 Å². The van der Waals surface area contributed by atoms with Crippen molar-refractivity contribution in [1.82, 2.24) is 15.2 Å². The van der Waals surface area contributed by atoms with Crippen molar-refractivity contribution < 1.29 is 19.4 Å². The van der Waals surface area contributed by atoms with Gasteiger partial charge in [0, 0.05) is 17.3 Å². The van der Waals surface area contributed by atoms with E-state index in [1.54, 1.807) is 16.2 Å². The molecule has 2 N–H and O–H groups in total. The molecule has 1 aromatic rings. The Morgan fingerprint density at radius 2 is 2.08 bits per heavy atom.